The molecule has 1 heterocycles. The van der Waals surface area contributed by atoms with Gasteiger partial charge in [-0.1, -0.05) is 30.3 Å². The number of benzene rings is 2. The molecule has 1 aromatic heterocycles. The van der Waals surface area contributed by atoms with E-state index in [-0.39, 0.29) is 0 Å². The maximum absolute atomic E-state index is 6.33. The molecule has 2 aromatic carbocycles. The fraction of sp³-hybridized carbons (Fsp3) is 0.211. The Balaban J connectivity index is 2.47. The number of fused-ring (bicyclic) bond motifs is 1. The molecule has 112 valence electrons. The van der Waals surface area contributed by atoms with Gasteiger partial charge in [-0.15, -0.1) is 0 Å². The lowest BCUT2D eigenvalue weighted by atomic mass is 9.93. The van der Waals surface area contributed by atoms with E-state index < -0.39 is 0 Å². The molecule has 0 aliphatic heterocycles. The number of hydrogen-bond acceptors (Lipinski definition) is 3. The molecule has 4 N–H and O–H groups in total. The Bertz CT molecular complexity index is 875. The third-order valence-electron chi connectivity index (χ3n) is 4.42. The highest BCUT2D eigenvalue weighted by atomic mass is 14.8. The third-order valence-corrected chi connectivity index (χ3v) is 4.42. The van der Waals surface area contributed by atoms with Crippen molar-refractivity contribution in [3.05, 3.63) is 52.6 Å². The van der Waals surface area contributed by atoms with Crippen LogP contribution in [0, 0.1) is 27.7 Å². The zero-order valence-corrected chi connectivity index (χ0v) is 13.5. The van der Waals surface area contributed by atoms with Crippen LogP contribution in [-0.2, 0) is 0 Å². The van der Waals surface area contributed by atoms with Gasteiger partial charge in [0, 0.05) is 22.0 Å². The quantitative estimate of drug-likeness (QED) is 0.657. The average Bonchev–Trinajstić information content (AvgIpc) is 2.46. The molecule has 0 aliphatic carbocycles. The SMILES string of the molecule is Cc1cccc(C)c1-c1nc(N)c2ccc(C)c(N)c2c1C. The summed E-state index contributed by atoms with van der Waals surface area (Å²) in [6.45, 7) is 8.29. The summed E-state index contributed by atoms with van der Waals surface area (Å²) in [5, 5.41) is 1.95. The van der Waals surface area contributed by atoms with Crippen molar-refractivity contribution in [1.29, 1.82) is 0 Å². The van der Waals surface area contributed by atoms with Gasteiger partial charge in [0.05, 0.1) is 5.69 Å². The molecule has 0 unspecified atom stereocenters. The summed E-state index contributed by atoms with van der Waals surface area (Å²) < 4.78 is 0. The van der Waals surface area contributed by atoms with Gasteiger partial charge in [0.1, 0.15) is 5.82 Å². The topological polar surface area (TPSA) is 64.9 Å². The Morgan fingerprint density at radius 2 is 1.45 bits per heavy atom. The van der Waals surface area contributed by atoms with Gasteiger partial charge >= 0.3 is 0 Å². The summed E-state index contributed by atoms with van der Waals surface area (Å²) in [7, 11) is 0. The lowest BCUT2D eigenvalue weighted by molar-refractivity contribution is 1.27. The maximum Gasteiger partial charge on any atom is 0.132 e. The van der Waals surface area contributed by atoms with Crippen molar-refractivity contribution < 1.29 is 0 Å². The third kappa shape index (κ3) is 2.01. The molecule has 3 heteroatoms. The predicted octanol–water partition coefficient (Wildman–Crippen LogP) is 4.30. The Morgan fingerprint density at radius 1 is 0.818 bits per heavy atom. The fourth-order valence-electron chi connectivity index (χ4n) is 3.16. The molecule has 0 fully saturated rings. The monoisotopic (exact) mass is 291 g/mol. The normalized spacial score (nSPS) is 11.1. The summed E-state index contributed by atoms with van der Waals surface area (Å²) in [5.74, 6) is 0.532. The van der Waals surface area contributed by atoms with Gasteiger partial charge in [0.2, 0.25) is 0 Å². The van der Waals surface area contributed by atoms with Crippen LogP contribution < -0.4 is 11.5 Å². The van der Waals surface area contributed by atoms with Crippen molar-refractivity contribution >= 4 is 22.3 Å². The smallest absolute Gasteiger partial charge is 0.132 e. The number of nitrogens with two attached hydrogens (primary N) is 2. The second-order valence-corrected chi connectivity index (χ2v) is 5.96. The Hall–Kier alpha value is -2.55. The number of anilines is 2. The molecule has 0 spiro atoms. The minimum Gasteiger partial charge on any atom is -0.398 e. The molecule has 0 saturated heterocycles. The number of nitrogens with zero attached hydrogens (tertiary/aromatic N) is 1. The van der Waals surface area contributed by atoms with Gasteiger partial charge in [-0.05, 0) is 49.9 Å². The lowest BCUT2D eigenvalue weighted by Crippen LogP contribution is -2.03. The largest absolute Gasteiger partial charge is 0.398 e. The fourth-order valence-corrected chi connectivity index (χ4v) is 3.16. The van der Waals surface area contributed by atoms with E-state index in [0.29, 0.717) is 5.82 Å². The van der Waals surface area contributed by atoms with Crippen molar-refractivity contribution in [2.24, 2.45) is 0 Å². The first-order valence-electron chi connectivity index (χ1n) is 7.43. The number of pyridine rings is 1. The van der Waals surface area contributed by atoms with E-state index >= 15 is 0 Å². The zero-order chi connectivity index (χ0) is 16.0. The highest BCUT2D eigenvalue weighted by Gasteiger charge is 2.16. The zero-order valence-electron chi connectivity index (χ0n) is 13.5. The number of nitrogen functional groups attached to an aromatic ring is 2. The van der Waals surface area contributed by atoms with Crippen molar-refractivity contribution in [1.82, 2.24) is 4.98 Å². The Morgan fingerprint density at radius 3 is 2.09 bits per heavy atom. The summed E-state index contributed by atoms with van der Waals surface area (Å²) in [4.78, 5) is 4.69. The molecular weight excluding hydrogens is 270 g/mol. The summed E-state index contributed by atoms with van der Waals surface area (Å²) in [5.41, 5.74) is 19.9. The first-order valence-corrected chi connectivity index (χ1v) is 7.43. The summed E-state index contributed by atoms with van der Waals surface area (Å²) in [6, 6.07) is 10.3. The van der Waals surface area contributed by atoms with Gasteiger partial charge < -0.3 is 11.5 Å². The van der Waals surface area contributed by atoms with Crippen molar-refractivity contribution in [2.75, 3.05) is 11.5 Å². The van der Waals surface area contributed by atoms with E-state index in [1.165, 1.54) is 11.1 Å². The standard InChI is InChI=1S/C19H21N3/c1-10-6-5-7-11(2)15(10)18-13(4)16-14(19(21)22-18)9-8-12(3)17(16)20/h5-9H,20H2,1-4H3,(H2,21,22). The van der Waals surface area contributed by atoms with E-state index in [9.17, 15) is 0 Å². The highest BCUT2D eigenvalue weighted by molar-refractivity contribution is 6.04. The molecule has 0 aliphatic rings. The molecule has 0 saturated carbocycles. The minimum atomic E-state index is 0.532. The summed E-state index contributed by atoms with van der Waals surface area (Å²) in [6.07, 6.45) is 0. The van der Waals surface area contributed by atoms with Gasteiger partial charge in [0.15, 0.2) is 0 Å². The van der Waals surface area contributed by atoms with Crippen LogP contribution in [0.3, 0.4) is 0 Å². The number of aryl methyl sites for hydroxylation is 4. The summed E-state index contributed by atoms with van der Waals surface area (Å²) >= 11 is 0. The van der Waals surface area contributed by atoms with E-state index in [2.05, 4.69) is 44.0 Å². The van der Waals surface area contributed by atoms with Gasteiger partial charge in [-0.25, -0.2) is 4.98 Å². The number of hydrogen-bond donors (Lipinski definition) is 2. The van der Waals surface area contributed by atoms with E-state index in [1.54, 1.807) is 0 Å². The lowest BCUT2D eigenvalue weighted by Gasteiger charge is -2.17. The highest BCUT2D eigenvalue weighted by Crippen LogP contribution is 2.37. The van der Waals surface area contributed by atoms with E-state index in [0.717, 1.165) is 38.8 Å². The number of rotatable bonds is 1. The van der Waals surface area contributed by atoms with Crippen LogP contribution in [-0.4, -0.2) is 4.98 Å². The van der Waals surface area contributed by atoms with E-state index in [4.69, 9.17) is 11.5 Å². The molecule has 0 amide bonds. The van der Waals surface area contributed by atoms with Gasteiger partial charge in [-0.2, -0.15) is 0 Å². The first-order chi connectivity index (χ1) is 10.4. The van der Waals surface area contributed by atoms with Crippen molar-refractivity contribution in [2.45, 2.75) is 27.7 Å². The molecule has 0 radical (unpaired) electrons. The Kier molecular flexibility index (Phi) is 3.28. The van der Waals surface area contributed by atoms with Crippen LogP contribution in [0.15, 0.2) is 30.3 Å². The average molecular weight is 291 g/mol. The molecule has 3 nitrogen and oxygen atoms in total. The van der Waals surface area contributed by atoms with Crippen molar-refractivity contribution in [3.8, 4) is 11.3 Å². The molecule has 3 rings (SSSR count). The van der Waals surface area contributed by atoms with Crippen LogP contribution in [0.5, 0.6) is 0 Å². The molecule has 0 bridgehead atoms. The first kappa shape index (κ1) is 14.4. The van der Waals surface area contributed by atoms with Crippen molar-refractivity contribution in [3.63, 3.8) is 0 Å². The Labute approximate surface area is 131 Å². The van der Waals surface area contributed by atoms with Gasteiger partial charge in [0.25, 0.3) is 0 Å². The second-order valence-electron chi connectivity index (χ2n) is 5.96. The van der Waals surface area contributed by atoms with Crippen LogP contribution in [0.2, 0.25) is 0 Å². The minimum absolute atomic E-state index is 0.532. The van der Waals surface area contributed by atoms with Gasteiger partial charge in [-0.3, -0.25) is 0 Å². The van der Waals surface area contributed by atoms with Crippen LogP contribution in [0.25, 0.3) is 22.0 Å². The molecule has 3 aromatic rings. The molecule has 0 atom stereocenters. The van der Waals surface area contributed by atoms with E-state index in [1.807, 2.05) is 19.1 Å². The van der Waals surface area contributed by atoms with Crippen LogP contribution in [0.1, 0.15) is 22.3 Å². The molecule has 22 heavy (non-hydrogen) atoms. The number of aromatic nitrogens is 1. The second kappa shape index (κ2) is 5.02. The maximum atomic E-state index is 6.33. The molecular formula is C19H21N3. The van der Waals surface area contributed by atoms with Crippen LogP contribution in [0.4, 0.5) is 11.5 Å². The predicted molar refractivity (Wildman–Crippen MR) is 95.0 cm³/mol. The van der Waals surface area contributed by atoms with Crippen LogP contribution >= 0.6 is 0 Å².